The Morgan fingerprint density at radius 3 is 2.62 bits per heavy atom. The summed E-state index contributed by atoms with van der Waals surface area (Å²) in [6, 6.07) is 0. The molecule has 2 saturated heterocycles. The van der Waals surface area contributed by atoms with Gasteiger partial charge in [0, 0.05) is 14.2 Å². The number of hydrogen-bond donors (Lipinski definition) is 0. The maximum atomic E-state index is 5.70. The van der Waals surface area contributed by atoms with Crippen LogP contribution in [0.4, 0.5) is 0 Å². The third-order valence-corrected chi connectivity index (χ3v) is 3.11. The summed E-state index contributed by atoms with van der Waals surface area (Å²) in [5.74, 6) is 0. The molecule has 0 radical (unpaired) electrons. The molecule has 13 heavy (non-hydrogen) atoms. The van der Waals surface area contributed by atoms with Gasteiger partial charge in [-0.1, -0.05) is 0 Å². The summed E-state index contributed by atoms with van der Waals surface area (Å²) >= 11 is 0. The minimum atomic E-state index is -0.324. The fourth-order valence-corrected chi connectivity index (χ4v) is 2.20. The van der Waals surface area contributed by atoms with Crippen LogP contribution < -0.4 is 0 Å². The Bertz CT molecular complexity index is 196. The Morgan fingerprint density at radius 1 is 1.23 bits per heavy atom. The standard InChI is InChI=1S/C9H16O4/c1-9-7(11-3)5-12-8(9)6(10-2)4-13-9/h6-8H,4-5H2,1-3H3/t6-,7-,8+,9+/m1/s1. The molecular formula is C9H16O4. The van der Waals surface area contributed by atoms with Crippen molar-refractivity contribution in [3.8, 4) is 0 Å². The number of rotatable bonds is 2. The van der Waals surface area contributed by atoms with E-state index in [9.17, 15) is 0 Å². The van der Waals surface area contributed by atoms with Gasteiger partial charge in [0.2, 0.25) is 0 Å². The fraction of sp³-hybridized carbons (Fsp3) is 1.00. The van der Waals surface area contributed by atoms with E-state index in [1.807, 2.05) is 6.92 Å². The molecule has 0 N–H and O–H groups in total. The van der Waals surface area contributed by atoms with Crippen LogP contribution in [0.2, 0.25) is 0 Å². The van der Waals surface area contributed by atoms with Crippen molar-refractivity contribution in [3.05, 3.63) is 0 Å². The first kappa shape index (κ1) is 9.40. The SMILES string of the molecule is CO[C@@H]1CO[C@@]2(C)[C@H](OC)CO[C@@H]12. The molecule has 0 aromatic rings. The summed E-state index contributed by atoms with van der Waals surface area (Å²) in [5.41, 5.74) is -0.324. The molecule has 0 aromatic heterocycles. The van der Waals surface area contributed by atoms with Crippen molar-refractivity contribution in [2.75, 3.05) is 27.4 Å². The Labute approximate surface area is 78.1 Å². The van der Waals surface area contributed by atoms with Crippen molar-refractivity contribution < 1.29 is 18.9 Å². The first-order chi connectivity index (χ1) is 6.22. The largest absolute Gasteiger partial charge is 0.376 e. The molecule has 4 nitrogen and oxygen atoms in total. The van der Waals surface area contributed by atoms with Crippen molar-refractivity contribution in [1.29, 1.82) is 0 Å². The van der Waals surface area contributed by atoms with Gasteiger partial charge in [-0.25, -0.2) is 0 Å². The van der Waals surface area contributed by atoms with Crippen LogP contribution in [0.1, 0.15) is 6.92 Å². The van der Waals surface area contributed by atoms with Gasteiger partial charge in [-0.3, -0.25) is 0 Å². The molecule has 2 aliphatic heterocycles. The zero-order valence-electron chi connectivity index (χ0n) is 8.28. The zero-order chi connectivity index (χ0) is 9.47. The van der Waals surface area contributed by atoms with Gasteiger partial charge in [0.15, 0.2) is 0 Å². The lowest BCUT2D eigenvalue weighted by atomic mass is 9.95. The van der Waals surface area contributed by atoms with Crippen LogP contribution in [-0.2, 0) is 18.9 Å². The van der Waals surface area contributed by atoms with Gasteiger partial charge in [-0.15, -0.1) is 0 Å². The summed E-state index contributed by atoms with van der Waals surface area (Å²) in [7, 11) is 3.37. The normalized spacial score (nSPS) is 49.6. The first-order valence-corrected chi connectivity index (χ1v) is 4.53. The maximum Gasteiger partial charge on any atom is 0.122 e. The van der Waals surface area contributed by atoms with Gasteiger partial charge in [0.1, 0.15) is 23.9 Å². The van der Waals surface area contributed by atoms with Gasteiger partial charge in [-0.2, -0.15) is 0 Å². The van der Waals surface area contributed by atoms with Gasteiger partial charge in [-0.05, 0) is 6.92 Å². The highest BCUT2D eigenvalue weighted by molar-refractivity contribution is 5.05. The highest BCUT2D eigenvalue weighted by atomic mass is 16.6. The third kappa shape index (κ3) is 1.21. The fourth-order valence-electron chi connectivity index (χ4n) is 2.20. The minimum Gasteiger partial charge on any atom is -0.376 e. The molecule has 76 valence electrons. The maximum absolute atomic E-state index is 5.70. The monoisotopic (exact) mass is 188 g/mol. The van der Waals surface area contributed by atoms with Crippen molar-refractivity contribution in [3.63, 3.8) is 0 Å². The molecule has 4 atom stereocenters. The van der Waals surface area contributed by atoms with E-state index in [0.29, 0.717) is 13.2 Å². The van der Waals surface area contributed by atoms with Crippen molar-refractivity contribution in [2.45, 2.75) is 30.8 Å². The van der Waals surface area contributed by atoms with Gasteiger partial charge < -0.3 is 18.9 Å². The van der Waals surface area contributed by atoms with Crippen molar-refractivity contribution in [1.82, 2.24) is 0 Å². The lowest BCUT2D eigenvalue weighted by Gasteiger charge is -2.27. The van der Waals surface area contributed by atoms with E-state index in [2.05, 4.69) is 0 Å². The second kappa shape index (κ2) is 3.20. The average molecular weight is 188 g/mol. The molecule has 0 spiro atoms. The minimum absolute atomic E-state index is 0.0162. The Balaban J connectivity index is 2.15. The molecule has 0 saturated carbocycles. The molecule has 0 bridgehead atoms. The van der Waals surface area contributed by atoms with Crippen molar-refractivity contribution in [2.24, 2.45) is 0 Å². The molecule has 0 unspecified atom stereocenters. The quantitative estimate of drug-likeness (QED) is 0.620. The lowest BCUT2D eigenvalue weighted by Crippen LogP contribution is -2.45. The van der Waals surface area contributed by atoms with E-state index < -0.39 is 0 Å². The molecule has 2 fully saturated rings. The van der Waals surface area contributed by atoms with Crippen LogP contribution in [0.15, 0.2) is 0 Å². The van der Waals surface area contributed by atoms with Crippen molar-refractivity contribution >= 4 is 0 Å². The van der Waals surface area contributed by atoms with Gasteiger partial charge in [0.05, 0.1) is 13.2 Å². The first-order valence-electron chi connectivity index (χ1n) is 4.53. The highest BCUT2D eigenvalue weighted by Gasteiger charge is 2.57. The molecule has 0 aromatic carbocycles. The predicted molar refractivity (Wildman–Crippen MR) is 45.7 cm³/mol. The summed E-state index contributed by atoms with van der Waals surface area (Å²) < 4.78 is 21.9. The number of hydrogen-bond acceptors (Lipinski definition) is 4. The molecule has 2 aliphatic rings. The summed E-state index contributed by atoms with van der Waals surface area (Å²) in [6.07, 6.45) is 0.0882. The van der Waals surface area contributed by atoms with Crippen LogP contribution in [0.3, 0.4) is 0 Å². The second-order valence-corrected chi connectivity index (χ2v) is 3.75. The third-order valence-electron chi connectivity index (χ3n) is 3.11. The number of methoxy groups -OCH3 is 2. The smallest absolute Gasteiger partial charge is 0.122 e. The number of ether oxygens (including phenoxy) is 4. The topological polar surface area (TPSA) is 36.9 Å². The van der Waals surface area contributed by atoms with Crippen LogP contribution in [0.5, 0.6) is 0 Å². The molecule has 0 amide bonds. The predicted octanol–water partition coefficient (Wildman–Crippen LogP) is 0.204. The zero-order valence-corrected chi connectivity index (χ0v) is 8.28. The summed E-state index contributed by atoms with van der Waals surface area (Å²) in [5, 5.41) is 0. The molecule has 2 heterocycles. The van der Waals surface area contributed by atoms with Gasteiger partial charge >= 0.3 is 0 Å². The molecule has 0 aliphatic carbocycles. The lowest BCUT2D eigenvalue weighted by molar-refractivity contribution is -0.0774. The van der Waals surface area contributed by atoms with Crippen LogP contribution in [-0.4, -0.2) is 51.3 Å². The molecular weight excluding hydrogens is 172 g/mol. The van der Waals surface area contributed by atoms with E-state index >= 15 is 0 Å². The van der Waals surface area contributed by atoms with Crippen LogP contribution >= 0.6 is 0 Å². The van der Waals surface area contributed by atoms with E-state index in [-0.39, 0.29) is 23.9 Å². The summed E-state index contributed by atoms with van der Waals surface area (Å²) in [6.45, 7) is 3.22. The average Bonchev–Trinajstić information content (AvgIpc) is 2.59. The Kier molecular flexibility index (Phi) is 2.32. The number of fused-ring (bicyclic) bond motifs is 1. The van der Waals surface area contributed by atoms with E-state index in [4.69, 9.17) is 18.9 Å². The van der Waals surface area contributed by atoms with Crippen LogP contribution in [0.25, 0.3) is 0 Å². The molecule has 4 heteroatoms. The summed E-state index contributed by atoms with van der Waals surface area (Å²) in [4.78, 5) is 0. The van der Waals surface area contributed by atoms with E-state index in [0.717, 1.165) is 0 Å². The van der Waals surface area contributed by atoms with Gasteiger partial charge in [0.25, 0.3) is 0 Å². The van der Waals surface area contributed by atoms with Crippen LogP contribution in [0, 0.1) is 0 Å². The molecule has 2 rings (SSSR count). The second-order valence-electron chi connectivity index (χ2n) is 3.75. The Hall–Kier alpha value is -0.160. The highest BCUT2D eigenvalue weighted by Crippen LogP contribution is 2.39. The van der Waals surface area contributed by atoms with E-state index in [1.165, 1.54) is 0 Å². The van der Waals surface area contributed by atoms with E-state index in [1.54, 1.807) is 14.2 Å². The Morgan fingerprint density at radius 2 is 2.00 bits per heavy atom.